The molecule has 4 rings (SSSR count). The normalized spacial score (nSPS) is 17.8. The van der Waals surface area contributed by atoms with E-state index in [9.17, 15) is 14.4 Å². The van der Waals surface area contributed by atoms with Gasteiger partial charge in [-0.3, -0.25) is 19.7 Å². The van der Waals surface area contributed by atoms with Gasteiger partial charge < -0.3 is 18.9 Å². The zero-order valence-electron chi connectivity index (χ0n) is 22.7. The van der Waals surface area contributed by atoms with E-state index in [-0.39, 0.29) is 42.8 Å². The number of amides is 2. The van der Waals surface area contributed by atoms with Crippen LogP contribution in [0.3, 0.4) is 0 Å². The minimum absolute atomic E-state index is 0.0571. The Bertz CT molecular complexity index is 1290. The summed E-state index contributed by atoms with van der Waals surface area (Å²) in [6.07, 6.45) is 3.76. The molecular formula is C28H36N4O5S. The van der Waals surface area contributed by atoms with E-state index in [0.717, 1.165) is 36.9 Å². The first-order chi connectivity index (χ1) is 18.1. The number of anilines is 2. The third kappa shape index (κ3) is 6.60. The quantitative estimate of drug-likeness (QED) is 0.392. The number of ether oxygens (including phenoxy) is 2. The van der Waals surface area contributed by atoms with E-state index in [1.54, 1.807) is 29.7 Å². The highest BCUT2D eigenvalue weighted by Crippen LogP contribution is 2.31. The summed E-state index contributed by atoms with van der Waals surface area (Å²) in [5.41, 5.74) is 1.50. The van der Waals surface area contributed by atoms with Gasteiger partial charge in [-0.05, 0) is 69.7 Å². The van der Waals surface area contributed by atoms with E-state index in [4.69, 9.17) is 9.47 Å². The molecule has 1 fully saturated rings. The van der Waals surface area contributed by atoms with Gasteiger partial charge in [-0.25, -0.2) is 4.98 Å². The highest BCUT2D eigenvalue weighted by molar-refractivity contribution is 7.12. The number of hydrogen-bond donors (Lipinski definition) is 1. The summed E-state index contributed by atoms with van der Waals surface area (Å²) in [4.78, 5) is 45.4. The largest absolute Gasteiger partial charge is 0.460 e. The molecule has 1 aromatic carbocycles. The predicted molar refractivity (Wildman–Crippen MR) is 149 cm³/mol. The van der Waals surface area contributed by atoms with Crippen molar-refractivity contribution >= 4 is 51.8 Å². The van der Waals surface area contributed by atoms with Gasteiger partial charge in [0.1, 0.15) is 5.60 Å². The summed E-state index contributed by atoms with van der Waals surface area (Å²) in [5, 5.41) is 4.72. The average Bonchev–Trinajstić information content (AvgIpc) is 3.53. The molecule has 1 aliphatic carbocycles. The maximum Gasteiger partial charge on any atom is 0.308 e. The second-order valence-electron chi connectivity index (χ2n) is 10.6. The van der Waals surface area contributed by atoms with Crippen molar-refractivity contribution in [2.45, 2.75) is 71.1 Å². The monoisotopic (exact) mass is 540 g/mol. The highest BCUT2D eigenvalue weighted by atomic mass is 32.1. The van der Waals surface area contributed by atoms with Gasteiger partial charge in [-0.15, -0.1) is 11.3 Å². The molecule has 204 valence electrons. The van der Waals surface area contributed by atoms with Crippen LogP contribution in [0.1, 0.15) is 62.5 Å². The van der Waals surface area contributed by atoms with Gasteiger partial charge in [0.25, 0.3) is 5.91 Å². The summed E-state index contributed by atoms with van der Waals surface area (Å²) < 4.78 is 12.8. The Morgan fingerprint density at radius 3 is 2.68 bits per heavy atom. The van der Waals surface area contributed by atoms with Gasteiger partial charge in [0.2, 0.25) is 11.9 Å². The summed E-state index contributed by atoms with van der Waals surface area (Å²) in [5.74, 6) is -0.295. The van der Waals surface area contributed by atoms with Crippen LogP contribution in [-0.4, -0.2) is 53.2 Å². The highest BCUT2D eigenvalue weighted by Gasteiger charge is 2.30. The molecule has 0 radical (unpaired) electrons. The van der Waals surface area contributed by atoms with Gasteiger partial charge in [0.15, 0.2) is 0 Å². The van der Waals surface area contributed by atoms with E-state index < -0.39 is 5.60 Å². The fraction of sp³-hybridized carbons (Fsp3) is 0.500. The number of fused-ring (bicyclic) bond motifs is 1. The minimum atomic E-state index is -0.585. The van der Waals surface area contributed by atoms with Crippen LogP contribution >= 0.6 is 11.3 Å². The maximum atomic E-state index is 13.3. The van der Waals surface area contributed by atoms with Gasteiger partial charge in [0.05, 0.1) is 28.4 Å². The Morgan fingerprint density at radius 2 is 2.00 bits per heavy atom. The van der Waals surface area contributed by atoms with E-state index in [1.807, 2.05) is 50.4 Å². The molecule has 2 heterocycles. The lowest BCUT2D eigenvalue weighted by Gasteiger charge is -2.30. The molecule has 0 aliphatic heterocycles. The second kappa shape index (κ2) is 11.7. The molecular weight excluding hydrogens is 504 g/mol. The standard InChI is InChI=1S/C28H36N4O5S/c1-28(2,3)37-24(33)13-14-32-22-12-11-19(31(4)26(35)18-8-6-9-20(16-18)36-5)17-21(22)29-27(32)30-25(34)23-10-7-15-38-23/h7,10-12,15,17-18,20H,6,8-9,13-14,16H2,1-5H3,(H,29,30,34). The molecule has 1 saturated carbocycles. The molecule has 0 saturated heterocycles. The lowest BCUT2D eigenvalue weighted by molar-refractivity contribution is -0.155. The number of nitrogens with zero attached hydrogens (tertiary/aromatic N) is 3. The van der Waals surface area contributed by atoms with Crippen molar-refractivity contribution < 1.29 is 23.9 Å². The molecule has 2 atom stereocenters. The van der Waals surface area contributed by atoms with Crippen LogP contribution in [0.25, 0.3) is 11.0 Å². The SMILES string of the molecule is COC1CCCC(C(=O)N(C)c2ccc3c(c2)nc(NC(=O)c2cccs2)n3CCC(=O)OC(C)(C)C)C1. The molecule has 2 unspecified atom stereocenters. The lowest BCUT2D eigenvalue weighted by atomic mass is 9.86. The van der Waals surface area contributed by atoms with Crippen molar-refractivity contribution in [3.8, 4) is 0 Å². The number of carbonyl (C=O) groups is 3. The van der Waals surface area contributed by atoms with Crippen LogP contribution in [0.4, 0.5) is 11.6 Å². The molecule has 38 heavy (non-hydrogen) atoms. The van der Waals surface area contributed by atoms with Crippen molar-refractivity contribution in [1.82, 2.24) is 9.55 Å². The van der Waals surface area contributed by atoms with Crippen LogP contribution in [0.2, 0.25) is 0 Å². The number of hydrogen-bond acceptors (Lipinski definition) is 7. The minimum Gasteiger partial charge on any atom is -0.460 e. The molecule has 0 spiro atoms. The fourth-order valence-corrected chi connectivity index (χ4v) is 5.42. The summed E-state index contributed by atoms with van der Waals surface area (Å²) >= 11 is 1.34. The summed E-state index contributed by atoms with van der Waals surface area (Å²) in [7, 11) is 3.47. The first-order valence-electron chi connectivity index (χ1n) is 12.9. The molecule has 1 N–H and O–H groups in total. The number of aryl methyl sites for hydroxylation is 1. The van der Waals surface area contributed by atoms with E-state index in [1.165, 1.54) is 11.3 Å². The van der Waals surface area contributed by atoms with Crippen LogP contribution in [0.5, 0.6) is 0 Å². The number of nitrogens with one attached hydrogen (secondary N) is 1. The number of imidazole rings is 1. The Morgan fingerprint density at radius 1 is 1.21 bits per heavy atom. The lowest BCUT2D eigenvalue weighted by Crippen LogP contribution is -2.37. The fourth-order valence-electron chi connectivity index (χ4n) is 4.80. The third-order valence-electron chi connectivity index (χ3n) is 6.69. The smallest absolute Gasteiger partial charge is 0.308 e. The van der Waals surface area contributed by atoms with E-state index >= 15 is 0 Å². The van der Waals surface area contributed by atoms with Gasteiger partial charge in [-0.1, -0.05) is 12.5 Å². The van der Waals surface area contributed by atoms with Crippen molar-refractivity contribution in [3.05, 3.63) is 40.6 Å². The van der Waals surface area contributed by atoms with Gasteiger partial charge in [0, 0.05) is 32.3 Å². The number of thiophene rings is 1. The predicted octanol–water partition coefficient (Wildman–Crippen LogP) is 5.25. The van der Waals surface area contributed by atoms with Crippen molar-refractivity contribution in [1.29, 1.82) is 0 Å². The molecule has 10 heteroatoms. The Labute approximate surface area is 227 Å². The maximum absolute atomic E-state index is 13.3. The Kier molecular flexibility index (Phi) is 8.52. The number of methoxy groups -OCH3 is 1. The van der Waals surface area contributed by atoms with Crippen LogP contribution < -0.4 is 10.2 Å². The zero-order chi connectivity index (χ0) is 27.4. The summed E-state index contributed by atoms with van der Waals surface area (Å²) in [6.45, 7) is 5.75. The molecule has 1 aliphatic rings. The van der Waals surface area contributed by atoms with Crippen LogP contribution in [0.15, 0.2) is 35.7 Å². The first kappa shape index (κ1) is 27.8. The van der Waals surface area contributed by atoms with E-state index in [2.05, 4.69) is 10.3 Å². The molecule has 0 bridgehead atoms. The van der Waals surface area contributed by atoms with Crippen molar-refractivity contribution in [3.63, 3.8) is 0 Å². The number of aromatic nitrogens is 2. The molecule has 2 amide bonds. The molecule has 2 aromatic heterocycles. The molecule has 3 aromatic rings. The van der Waals surface area contributed by atoms with Gasteiger partial charge >= 0.3 is 5.97 Å². The average molecular weight is 541 g/mol. The Balaban J connectivity index is 1.60. The zero-order valence-corrected chi connectivity index (χ0v) is 23.5. The van der Waals surface area contributed by atoms with Crippen molar-refractivity contribution in [2.24, 2.45) is 5.92 Å². The molecule has 9 nitrogen and oxygen atoms in total. The number of esters is 1. The first-order valence-corrected chi connectivity index (χ1v) is 13.8. The van der Waals surface area contributed by atoms with Crippen LogP contribution in [-0.2, 0) is 25.6 Å². The number of carbonyl (C=O) groups excluding carboxylic acids is 3. The van der Waals surface area contributed by atoms with E-state index in [0.29, 0.717) is 16.3 Å². The second-order valence-corrected chi connectivity index (χ2v) is 11.6. The van der Waals surface area contributed by atoms with Crippen LogP contribution in [0, 0.1) is 5.92 Å². The Hall–Kier alpha value is -3.24. The topological polar surface area (TPSA) is 103 Å². The summed E-state index contributed by atoms with van der Waals surface area (Å²) in [6, 6.07) is 9.13. The third-order valence-corrected chi connectivity index (χ3v) is 7.56. The van der Waals surface area contributed by atoms with Crippen molar-refractivity contribution in [2.75, 3.05) is 24.4 Å². The number of rotatable bonds is 8. The van der Waals surface area contributed by atoms with Gasteiger partial charge in [-0.2, -0.15) is 0 Å². The number of benzene rings is 1.